The van der Waals surface area contributed by atoms with Crippen LogP contribution in [0.2, 0.25) is 0 Å². The fourth-order valence-electron chi connectivity index (χ4n) is 2.31. The third-order valence-electron chi connectivity index (χ3n) is 3.33. The van der Waals surface area contributed by atoms with Crippen molar-refractivity contribution in [2.75, 3.05) is 26.7 Å². The predicted molar refractivity (Wildman–Crippen MR) is 62.7 cm³/mol. The monoisotopic (exact) mass is 223 g/mol. The first kappa shape index (κ1) is 13.0. The summed E-state index contributed by atoms with van der Waals surface area (Å²) in [5.74, 6) is -0.591. The normalized spacial score (nSPS) is 22.8. The van der Waals surface area contributed by atoms with E-state index in [2.05, 4.69) is 11.8 Å². The minimum absolute atomic E-state index is 0.0644. The van der Waals surface area contributed by atoms with E-state index in [1.54, 1.807) is 18.9 Å². The average Bonchev–Trinajstić information content (AvgIpc) is 2.74. The van der Waals surface area contributed by atoms with Crippen LogP contribution in [-0.4, -0.2) is 48.4 Å². The molecule has 1 fully saturated rings. The maximum absolute atomic E-state index is 11.7. The smallest absolute Gasteiger partial charge is 0.239 e. The molecule has 1 heterocycles. The Bertz CT molecular complexity index is 284. The number of hydrogen-bond donors (Lipinski definition) is 0. The van der Waals surface area contributed by atoms with E-state index in [0.29, 0.717) is 6.04 Å². The van der Waals surface area contributed by atoms with Crippen LogP contribution in [0, 0.1) is 17.2 Å². The van der Waals surface area contributed by atoms with Crippen molar-refractivity contribution in [3.8, 4) is 6.07 Å². The molecule has 1 aliphatic rings. The standard InChI is InChI=1S/C12H21N3O/c1-4-15-7-5-6-11(15)9-14(3)12(16)10(2)8-13/h10-11H,4-7,9H2,1-3H3. The van der Waals surface area contributed by atoms with E-state index >= 15 is 0 Å². The molecule has 1 saturated heterocycles. The van der Waals surface area contributed by atoms with Gasteiger partial charge in [0.05, 0.1) is 6.07 Å². The summed E-state index contributed by atoms with van der Waals surface area (Å²) < 4.78 is 0. The van der Waals surface area contributed by atoms with Gasteiger partial charge in [-0.25, -0.2) is 0 Å². The van der Waals surface area contributed by atoms with Crippen LogP contribution in [0.3, 0.4) is 0 Å². The van der Waals surface area contributed by atoms with E-state index in [-0.39, 0.29) is 5.91 Å². The van der Waals surface area contributed by atoms with E-state index in [0.717, 1.165) is 26.1 Å². The number of rotatable bonds is 4. The zero-order valence-electron chi connectivity index (χ0n) is 10.4. The van der Waals surface area contributed by atoms with Gasteiger partial charge < -0.3 is 4.90 Å². The summed E-state index contributed by atoms with van der Waals surface area (Å²) in [4.78, 5) is 15.8. The second-order valence-electron chi connectivity index (χ2n) is 4.49. The number of carbonyl (C=O) groups is 1. The number of carbonyl (C=O) groups excluding carboxylic acids is 1. The fraction of sp³-hybridized carbons (Fsp3) is 0.833. The number of nitrogens with zero attached hydrogens (tertiary/aromatic N) is 3. The largest absolute Gasteiger partial charge is 0.343 e. The summed E-state index contributed by atoms with van der Waals surface area (Å²) in [5.41, 5.74) is 0. The van der Waals surface area contributed by atoms with E-state index in [4.69, 9.17) is 5.26 Å². The average molecular weight is 223 g/mol. The van der Waals surface area contributed by atoms with Gasteiger partial charge in [-0.05, 0) is 32.9 Å². The van der Waals surface area contributed by atoms with Gasteiger partial charge in [0.1, 0.15) is 5.92 Å². The topological polar surface area (TPSA) is 47.3 Å². The van der Waals surface area contributed by atoms with E-state index in [1.165, 1.54) is 6.42 Å². The quantitative estimate of drug-likeness (QED) is 0.716. The Morgan fingerprint density at radius 2 is 2.38 bits per heavy atom. The van der Waals surface area contributed by atoms with Crippen LogP contribution in [0.4, 0.5) is 0 Å². The molecule has 2 atom stereocenters. The van der Waals surface area contributed by atoms with Crippen molar-refractivity contribution in [2.45, 2.75) is 32.7 Å². The van der Waals surface area contributed by atoms with Crippen LogP contribution in [0.1, 0.15) is 26.7 Å². The molecule has 1 rings (SSSR count). The molecule has 16 heavy (non-hydrogen) atoms. The Labute approximate surface area is 97.8 Å². The first-order valence-electron chi connectivity index (χ1n) is 5.98. The van der Waals surface area contributed by atoms with Crippen LogP contribution in [0.15, 0.2) is 0 Å². The Kier molecular flexibility index (Phi) is 4.75. The van der Waals surface area contributed by atoms with Crippen molar-refractivity contribution in [2.24, 2.45) is 5.92 Å². The maximum atomic E-state index is 11.7. The highest BCUT2D eigenvalue weighted by molar-refractivity contribution is 5.80. The highest BCUT2D eigenvalue weighted by Gasteiger charge is 2.26. The highest BCUT2D eigenvalue weighted by atomic mass is 16.2. The van der Waals surface area contributed by atoms with Gasteiger partial charge in [0.15, 0.2) is 0 Å². The molecule has 4 nitrogen and oxygen atoms in total. The van der Waals surface area contributed by atoms with Gasteiger partial charge in [0.2, 0.25) is 5.91 Å². The summed E-state index contributed by atoms with van der Waals surface area (Å²) >= 11 is 0. The van der Waals surface area contributed by atoms with Crippen molar-refractivity contribution >= 4 is 5.91 Å². The van der Waals surface area contributed by atoms with Gasteiger partial charge in [-0.15, -0.1) is 0 Å². The van der Waals surface area contributed by atoms with Crippen molar-refractivity contribution in [3.05, 3.63) is 0 Å². The van der Waals surface area contributed by atoms with E-state index < -0.39 is 5.92 Å². The number of likely N-dealkylation sites (N-methyl/N-ethyl adjacent to an activating group) is 2. The summed E-state index contributed by atoms with van der Waals surface area (Å²) in [7, 11) is 1.79. The first-order valence-corrected chi connectivity index (χ1v) is 5.98. The lowest BCUT2D eigenvalue weighted by atomic mass is 10.1. The summed E-state index contributed by atoms with van der Waals surface area (Å²) in [6.45, 7) is 6.74. The molecular formula is C12H21N3O. The molecule has 0 aliphatic carbocycles. The van der Waals surface area contributed by atoms with Gasteiger partial charge in [-0.3, -0.25) is 9.69 Å². The molecule has 0 aromatic heterocycles. The summed E-state index contributed by atoms with van der Waals surface area (Å²) in [5, 5.41) is 8.71. The third kappa shape index (κ3) is 2.96. The number of nitriles is 1. The molecule has 1 aliphatic heterocycles. The molecule has 1 amide bonds. The SMILES string of the molecule is CCN1CCCC1CN(C)C(=O)C(C)C#N. The highest BCUT2D eigenvalue weighted by Crippen LogP contribution is 2.17. The number of amides is 1. The van der Waals surface area contributed by atoms with Crippen LogP contribution in [0.5, 0.6) is 0 Å². The van der Waals surface area contributed by atoms with E-state index in [1.807, 2.05) is 6.07 Å². The molecule has 0 saturated carbocycles. The van der Waals surface area contributed by atoms with Gasteiger partial charge >= 0.3 is 0 Å². The zero-order valence-corrected chi connectivity index (χ0v) is 10.4. The van der Waals surface area contributed by atoms with Crippen LogP contribution < -0.4 is 0 Å². The number of hydrogen-bond acceptors (Lipinski definition) is 3. The van der Waals surface area contributed by atoms with Crippen molar-refractivity contribution in [1.29, 1.82) is 5.26 Å². The lowest BCUT2D eigenvalue weighted by Gasteiger charge is -2.28. The minimum Gasteiger partial charge on any atom is -0.343 e. The van der Waals surface area contributed by atoms with Crippen LogP contribution in [-0.2, 0) is 4.79 Å². The fourth-order valence-corrected chi connectivity index (χ4v) is 2.31. The Morgan fingerprint density at radius 3 is 2.94 bits per heavy atom. The number of likely N-dealkylation sites (tertiary alicyclic amines) is 1. The van der Waals surface area contributed by atoms with Gasteiger partial charge in [-0.2, -0.15) is 5.26 Å². The predicted octanol–water partition coefficient (Wildman–Crippen LogP) is 1.09. The molecule has 2 unspecified atom stereocenters. The molecule has 0 aromatic rings. The molecule has 0 bridgehead atoms. The second-order valence-corrected chi connectivity index (χ2v) is 4.49. The van der Waals surface area contributed by atoms with Gasteiger partial charge in [-0.1, -0.05) is 6.92 Å². The molecule has 90 valence electrons. The van der Waals surface area contributed by atoms with Crippen molar-refractivity contribution in [1.82, 2.24) is 9.80 Å². The maximum Gasteiger partial charge on any atom is 0.239 e. The molecular weight excluding hydrogens is 202 g/mol. The van der Waals surface area contributed by atoms with Gasteiger partial charge in [0.25, 0.3) is 0 Å². The van der Waals surface area contributed by atoms with Crippen LogP contribution in [0.25, 0.3) is 0 Å². The van der Waals surface area contributed by atoms with E-state index in [9.17, 15) is 4.79 Å². The Morgan fingerprint density at radius 1 is 1.69 bits per heavy atom. The summed E-state index contributed by atoms with van der Waals surface area (Å²) in [6, 6.07) is 2.47. The Hall–Kier alpha value is -1.08. The first-order chi connectivity index (χ1) is 7.60. The molecule has 0 aromatic carbocycles. The zero-order chi connectivity index (χ0) is 12.1. The molecule has 4 heteroatoms. The summed E-state index contributed by atoms with van der Waals surface area (Å²) in [6.07, 6.45) is 2.38. The molecule has 0 radical (unpaired) electrons. The van der Waals surface area contributed by atoms with Gasteiger partial charge in [0, 0.05) is 19.6 Å². The Balaban J connectivity index is 2.48. The van der Waals surface area contributed by atoms with Crippen molar-refractivity contribution < 1.29 is 4.79 Å². The second kappa shape index (κ2) is 5.86. The third-order valence-corrected chi connectivity index (χ3v) is 3.33. The van der Waals surface area contributed by atoms with Crippen molar-refractivity contribution in [3.63, 3.8) is 0 Å². The molecule has 0 N–H and O–H groups in total. The lowest BCUT2D eigenvalue weighted by Crippen LogP contribution is -2.42. The minimum atomic E-state index is -0.526. The van der Waals surface area contributed by atoms with Crippen LogP contribution >= 0.6 is 0 Å². The lowest BCUT2D eigenvalue weighted by molar-refractivity contribution is -0.132. The molecule has 0 spiro atoms.